The number of Topliss-reactive ketones (excluding diaryl/α,β-unsaturated/α-hetero) is 1. The van der Waals surface area contributed by atoms with E-state index in [-0.39, 0.29) is 41.1 Å². The molecular weight excluding hydrogens is 584 g/mol. The predicted molar refractivity (Wildman–Crippen MR) is 176 cm³/mol. The molecule has 2 aliphatic heterocycles. The van der Waals surface area contributed by atoms with E-state index in [1.807, 2.05) is 31.7 Å². The zero-order valence-corrected chi connectivity index (χ0v) is 28.5. The Kier molecular flexibility index (Phi) is 9.13. The molecule has 3 saturated carbocycles. The number of aliphatic hydroxyl groups excluding tert-OH is 1. The van der Waals surface area contributed by atoms with Gasteiger partial charge >= 0.3 is 6.09 Å². The van der Waals surface area contributed by atoms with E-state index in [4.69, 9.17) is 19.4 Å². The summed E-state index contributed by atoms with van der Waals surface area (Å²) in [5.41, 5.74) is -1.48. The summed E-state index contributed by atoms with van der Waals surface area (Å²) >= 11 is 0. The van der Waals surface area contributed by atoms with E-state index >= 15 is 0 Å². The van der Waals surface area contributed by atoms with Gasteiger partial charge < -0.3 is 24.9 Å². The molecule has 1 unspecified atom stereocenters. The van der Waals surface area contributed by atoms with E-state index < -0.39 is 23.0 Å². The number of carbonyl (C=O) groups is 2. The van der Waals surface area contributed by atoms with Crippen LogP contribution in [0.3, 0.4) is 0 Å². The van der Waals surface area contributed by atoms with E-state index in [2.05, 4.69) is 23.8 Å². The first-order valence-electron chi connectivity index (χ1n) is 17.6. The molecule has 1 amide bonds. The highest BCUT2D eigenvalue weighted by atomic mass is 16.6. The van der Waals surface area contributed by atoms with Crippen molar-refractivity contribution >= 4 is 23.4 Å². The fourth-order valence-electron chi connectivity index (χ4n) is 8.83. The zero-order valence-electron chi connectivity index (χ0n) is 28.5. The van der Waals surface area contributed by atoms with Gasteiger partial charge in [0.2, 0.25) is 5.88 Å². The van der Waals surface area contributed by atoms with Crippen molar-refractivity contribution in [3.05, 3.63) is 11.9 Å². The molecule has 11 nitrogen and oxygen atoms in total. The second-order valence-electron chi connectivity index (χ2n) is 15.7. The molecule has 2 saturated heterocycles. The van der Waals surface area contributed by atoms with Crippen LogP contribution in [0.2, 0.25) is 0 Å². The van der Waals surface area contributed by atoms with Crippen molar-refractivity contribution in [3.8, 4) is 5.88 Å². The summed E-state index contributed by atoms with van der Waals surface area (Å²) in [6.45, 7) is 10.5. The lowest BCUT2D eigenvalue weighted by Gasteiger charge is -2.55. The van der Waals surface area contributed by atoms with Crippen LogP contribution < -0.4 is 9.64 Å². The topological polar surface area (TPSA) is 132 Å². The van der Waals surface area contributed by atoms with Gasteiger partial charge in [0.25, 0.3) is 0 Å². The smallest absolute Gasteiger partial charge is 0.410 e. The van der Waals surface area contributed by atoms with Gasteiger partial charge in [-0.1, -0.05) is 12.8 Å². The van der Waals surface area contributed by atoms with E-state index in [1.165, 1.54) is 0 Å². The number of hydrogen-bond donors (Lipinski definition) is 2. The fraction of sp³-hybridized carbons (Fsp3) is 0.800. The van der Waals surface area contributed by atoms with Crippen LogP contribution in [0.15, 0.2) is 6.07 Å². The van der Waals surface area contributed by atoms with Gasteiger partial charge in [-0.05, 0) is 99.1 Å². The summed E-state index contributed by atoms with van der Waals surface area (Å²) < 4.78 is 12.3. The highest BCUT2D eigenvalue weighted by Gasteiger charge is 2.52. The van der Waals surface area contributed by atoms with Crippen molar-refractivity contribution < 1.29 is 24.2 Å². The van der Waals surface area contributed by atoms with Gasteiger partial charge in [0, 0.05) is 44.1 Å². The average Bonchev–Trinajstić information content (AvgIpc) is 3.43. The van der Waals surface area contributed by atoms with Gasteiger partial charge in [-0.3, -0.25) is 14.6 Å². The number of rotatable bonds is 6. The summed E-state index contributed by atoms with van der Waals surface area (Å²) in [6.07, 6.45) is 8.82. The molecule has 3 heterocycles. The minimum Gasteiger partial charge on any atom is -0.473 e. The summed E-state index contributed by atoms with van der Waals surface area (Å²) in [5.74, 6) is 0.968. The third-order valence-electron chi connectivity index (χ3n) is 11.5. The number of anilines is 1. The number of aliphatic hydroxyl groups is 1. The number of likely N-dealkylation sites (N-methyl/N-ethyl adjacent to an activating group) is 1. The van der Waals surface area contributed by atoms with Gasteiger partial charge in [-0.2, -0.15) is 4.98 Å². The molecule has 2 spiro atoms. The molecule has 2 N–H and O–H groups in total. The zero-order chi connectivity index (χ0) is 32.9. The first-order valence-corrected chi connectivity index (χ1v) is 17.6. The van der Waals surface area contributed by atoms with Crippen molar-refractivity contribution in [1.29, 1.82) is 5.41 Å². The SMILES string of the molecule is C[C@H](Oc1cc(N2CCN(C(=O)OC(C)(C)C)C3(CCC3)C2)nc(C(=N)C2CCC[C@@]3(CCCCC3=O)[C@@H]2O)n1)[C@@H]1CCCN1C. The van der Waals surface area contributed by atoms with E-state index in [0.717, 1.165) is 57.9 Å². The maximum Gasteiger partial charge on any atom is 0.410 e. The molecule has 11 heteroatoms. The predicted octanol–water partition coefficient (Wildman–Crippen LogP) is 4.98. The number of hydrogen-bond acceptors (Lipinski definition) is 10. The molecule has 6 rings (SSSR count). The van der Waals surface area contributed by atoms with Gasteiger partial charge in [0.1, 0.15) is 23.3 Å². The van der Waals surface area contributed by atoms with Crippen LogP contribution in [0.5, 0.6) is 5.88 Å². The number of carbonyl (C=O) groups excluding carboxylic acids is 2. The molecule has 0 bridgehead atoms. The van der Waals surface area contributed by atoms with Crippen LogP contribution >= 0.6 is 0 Å². The number of piperazine rings is 1. The van der Waals surface area contributed by atoms with Crippen LogP contribution in [0.1, 0.15) is 111 Å². The number of aromatic nitrogens is 2. The highest BCUT2D eigenvalue weighted by Crippen LogP contribution is 2.48. The van der Waals surface area contributed by atoms with Crippen molar-refractivity contribution in [2.24, 2.45) is 11.3 Å². The first kappa shape index (κ1) is 33.1. The Balaban J connectivity index is 1.29. The van der Waals surface area contributed by atoms with Crippen LogP contribution in [-0.4, -0.2) is 105 Å². The molecular formula is C35H54N6O5. The second kappa shape index (κ2) is 12.7. The van der Waals surface area contributed by atoms with Gasteiger partial charge in [0.05, 0.1) is 22.8 Å². The maximum absolute atomic E-state index is 13.3. The van der Waals surface area contributed by atoms with Crippen molar-refractivity contribution in [2.45, 2.75) is 134 Å². The number of nitrogens with zero attached hydrogens (tertiary/aromatic N) is 5. The van der Waals surface area contributed by atoms with E-state index in [1.54, 1.807) is 0 Å². The monoisotopic (exact) mass is 638 g/mol. The van der Waals surface area contributed by atoms with Crippen molar-refractivity contribution in [2.75, 3.05) is 38.1 Å². The van der Waals surface area contributed by atoms with E-state index in [9.17, 15) is 20.1 Å². The molecule has 5 aliphatic rings. The van der Waals surface area contributed by atoms with E-state index in [0.29, 0.717) is 57.0 Å². The lowest BCUT2D eigenvalue weighted by molar-refractivity contribution is -0.145. The minimum atomic E-state index is -0.917. The third kappa shape index (κ3) is 6.25. The number of nitrogens with one attached hydrogen (secondary N) is 1. The number of ether oxygens (including phenoxy) is 2. The Labute approximate surface area is 273 Å². The first-order chi connectivity index (χ1) is 21.8. The molecule has 5 atom stereocenters. The Hall–Kier alpha value is -2.79. The molecule has 0 aromatic carbocycles. The molecule has 0 radical (unpaired) electrons. The summed E-state index contributed by atoms with van der Waals surface area (Å²) in [7, 11) is 2.12. The molecule has 254 valence electrons. The fourth-order valence-corrected chi connectivity index (χ4v) is 8.83. The summed E-state index contributed by atoms with van der Waals surface area (Å²) in [6, 6.07) is 2.15. The number of amides is 1. The van der Waals surface area contributed by atoms with Crippen LogP contribution in [0, 0.1) is 16.7 Å². The van der Waals surface area contributed by atoms with Gasteiger partial charge in [-0.15, -0.1) is 0 Å². The van der Waals surface area contributed by atoms with Crippen molar-refractivity contribution in [3.63, 3.8) is 0 Å². The standard InChI is InChI=1S/C35H54N6O5/c1-23(25-12-9-18-39(25)5)45-28-21-27(40-19-20-41(32(44)46-33(2,3)4)34(22-40)14-10-15-34)37-31(38-28)29(36)24-11-8-17-35(30(24)43)16-7-6-13-26(35)42/h21,23-25,30,36,43H,6-20,22H2,1-5H3/t23-,24?,25-,30+,35+/m0/s1. The second-order valence-corrected chi connectivity index (χ2v) is 15.7. The Bertz CT molecular complexity index is 1320. The largest absolute Gasteiger partial charge is 0.473 e. The molecule has 1 aromatic heterocycles. The van der Waals surface area contributed by atoms with Gasteiger partial charge in [-0.25, -0.2) is 9.78 Å². The Morgan fingerprint density at radius 2 is 1.80 bits per heavy atom. The van der Waals surface area contributed by atoms with Crippen molar-refractivity contribution in [1.82, 2.24) is 19.8 Å². The molecule has 46 heavy (non-hydrogen) atoms. The Morgan fingerprint density at radius 3 is 2.46 bits per heavy atom. The highest BCUT2D eigenvalue weighted by molar-refractivity contribution is 5.98. The maximum atomic E-state index is 13.3. The van der Waals surface area contributed by atoms with Crippen LogP contribution in [0.4, 0.5) is 10.6 Å². The number of likely N-dealkylation sites (tertiary alicyclic amines) is 1. The third-order valence-corrected chi connectivity index (χ3v) is 11.5. The lowest BCUT2D eigenvalue weighted by atomic mass is 9.59. The minimum absolute atomic E-state index is 0.109. The number of ketones is 1. The van der Waals surface area contributed by atoms with Gasteiger partial charge in [0.15, 0.2) is 5.82 Å². The summed E-state index contributed by atoms with van der Waals surface area (Å²) in [5, 5.41) is 21.1. The van der Waals surface area contributed by atoms with Crippen LogP contribution in [-0.2, 0) is 9.53 Å². The average molecular weight is 639 g/mol. The molecule has 5 fully saturated rings. The quantitative estimate of drug-likeness (QED) is 0.414. The molecule has 1 aromatic rings. The summed E-state index contributed by atoms with van der Waals surface area (Å²) in [4.78, 5) is 42.6. The normalized spacial score (nSPS) is 30.7. The Morgan fingerprint density at radius 1 is 1.04 bits per heavy atom. The van der Waals surface area contributed by atoms with Crippen LogP contribution in [0.25, 0.3) is 0 Å². The molecule has 3 aliphatic carbocycles. The lowest BCUT2D eigenvalue weighted by Crippen LogP contribution is -2.67.